The molecule has 0 bridgehead atoms. The number of benzene rings is 3. The maximum atomic E-state index is 14.3. The van der Waals surface area contributed by atoms with E-state index in [0.29, 0.717) is 60.4 Å². The molecule has 0 unspecified atom stereocenters. The second kappa shape index (κ2) is 13.7. The monoisotopic (exact) mass is 694 g/mol. The van der Waals surface area contributed by atoms with Crippen LogP contribution in [0.4, 0.5) is 5.69 Å². The summed E-state index contributed by atoms with van der Waals surface area (Å²) in [5.41, 5.74) is 7.53. The van der Waals surface area contributed by atoms with E-state index >= 15 is 0 Å². The SMILES string of the molecule is COc1cc(C2C3=C(CC(C)(C)CC3=O)N(CCc3ccccc3)C3=C2C(=O)CC(C)(C)C3)cc(Cl)c1OCC(=O)Nc1ccc(C)cc1C. The lowest BCUT2D eigenvalue weighted by Crippen LogP contribution is -2.45. The Bertz CT molecular complexity index is 1870. The molecule has 0 atom stereocenters. The molecule has 8 heteroatoms. The minimum Gasteiger partial charge on any atom is -0.493 e. The summed E-state index contributed by atoms with van der Waals surface area (Å²) in [6.45, 7) is 12.9. The Hall–Kier alpha value is -4.36. The van der Waals surface area contributed by atoms with Crippen molar-refractivity contribution in [2.24, 2.45) is 10.8 Å². The van der Waals surface area contributed by atoms with Gasteiger partial charge in [0.2, 0.25) is 0 Å². The average molecular weight is 695 g/mol. The van der Waals surface area contributed by atoms with E-state index in [1.807, 2.05) is 56.3 Å². The molecule has 0 radical (unpaired) electrons. The van der Waals surface area contributed by atoms with Crippen LogP contribution in [0.25, 0.3) is 0 Å². The highest BCUT2D eigenvalue weighted by molar-refractivity contribution is 6.32. The number of halogens is 1. The lowest BCUT2D eigenvalue weighted by Gasteiger charge is -2.49. The Kier molecular flexibility index (Phi) is 9.75. The first-order valence-electron chi connectivity index (χ1n) is 17.4. The molecule has 1 N–H and O–H groups in total. The van der Waals surface area contributed by atoms with Crippen molar-refractivity contribution in [1.82, 2.24) is 4.90 Å². The number of ether oxygens (including phenoxy) is 2. The van der Waals surface area contributed by atoms with Crippen LogP contribution in [-0.2, 0) is 20.8 Å². The summed E-state index contributed by atoms with van der Waals surface area (Å²) >= 11 is 6.93. The molecular formula is C42H47ClN2O5. The fourth-order valence-electron chi connectivity index (χ4n) is 7.86. The zero-order chi connectivity index (χ0) is 36.0. The van der Waals surface area contributed by atoms with Crippen molar-refractivity contribution in [3.05, 3.63) is 110 Å². The van der Waals surface area contributed by atoms with Crippen molar-refractivity contribution in [1.29, 1.82) is 0 Å². The van der Waals surface area contributed by atoms with Crippen LogP contribution in [0.5, 0.6) is 11.5 Å². The van der Waals surface area contributed by atoms with Crippen molar-refractivity contribution in [3.8, 4) is 11.5 Å². The Balaban J connectivity index is 1.40. The third-order valence-electron chi connectivity index (χ3n) is 10.1. The molecule has 1 aliphatic heterocycles. The van der Waals surface area contributed by atoms with Gasteiger partial charge >= 0.3 is 0 Å². The van der Waals surface area contributed by atoms with Crippen molar-refractivity contribution >= 4 is 34.8 Å². The van der Waals surface area contributed by atoms with Crippen molar-refractivity contribution in [3.63, 3.8) is 0 Å². The Morgan fingerprint density at radius 1 is 0.880 bits per heavy atom. The van der Waals surface area contributed by atoms with Crippen LogP contribution in [0.1, 0.15) is 81.5 Å². The number of hydrogen-bond donors (Lipinski definition) is 1. The molecule has 50 heavy (non-hydrogen) atoms. The number of Topliss-reactive ketones (excluding diaryl/α,β-unsaturated/α-hetero) is 2. The minimum absolute atomic E-state index is 0.0497. The first-order valence-corrected chi connectivity index (χ1v) is 17.8. The van der Waals surface area contributed by atoms with Crippen LogP contribution >= 0.6 is 11.6 Å². The fraction of sp³-hybridized carbons (Fsp3) is 0.405. The van der Waals surface area contributed by atoms with Gasteiger partial charge in [0.25, 0.3) is 5.91 Å². The number of methoxy groups -OCH3 is 1. The number of carbonyl (C=O) groups is 3. The third-order valence-corrected chi connectivity index (χ3v) is 10.4. The van der Waals surface area contributed by atoms with Crippen LogP contribution in [0.3, 0.4) is 0 Å². The van der Waals surface area contributed by atoms with E-state index < -0.39 is 5.92 Å². The molecule has 0 saturated carbocycles. The zero-order valence-corrected chi connectivity index (χ0v) is 30.9. The van der Waals surface area contributed by atoms with Crippen LogP contribution < -0.4 is 14.8 Å². The number of carbonyl (C=O) groups excluding carboxylic acids is 3. The number of nitrogens with one attached hydrogen (secondary N) is 1. The van der Waals surface area contributed by atoms with Crippen molar-refractivity contribution in [2.45, 2.75) is 79.6 Å². The van der Waals surface area contributed by atoms with Gasteiger partial charge in [-0.2, -0.15) is 0 Å². The number of aryl methyl sites for hydroxylation is 2. The van der Waals surface area contributed by atoms with Crippen LogP contribution in [0, 0.1) is 24.7 Å². The second-order valence-corrected chi connectivity index (χ2v) is 16.0. The van der Waals surface area contributed by atoms with Gasteiger partial charge in [-0.3, -0.25) is 14.4 Å². The first-order chi connectivity index (χ1) is 23.7. The smallest absolute Gasteiger partial charge is 0.262 e. The quantitative estimate of drug-likeness (QED) is 0.241. The molecule has 1 heterocycles. The highest BCUT2D eigenvalue weighted by Gasteiger charge is 2.49. The lowest BCUT2D eigenvalue weighted by atomic mass is 9.63. The molecule has 0 spiro atoms. The number of rotatable bonds is 9. The summed E-state index contributed by atoms with van der Waals surface area (Å²) in [5, 5.41) is 3.14. The molecule has 262 valence electrons. The number of nitrogens with zero attached hydrogens (tertiary/aromatic N) is 1. The third kappa shape index (κ3) is 7.25. The molecule has 6 rings (SSSR count). The second-order valence-electron chi connectivity index (χ2n) is 15.6. The maximum absolute atomic E-state index is 14.3. The predicted molar refractivity (Wildman–Crippen MR) is 198 cm³/mol. The summed E-state index contributed by atoms with van der Waals surface area (Å²) < 4.78 is 11.8. The highest BCUT2D eigenvalue weighted by atomic mass is 35.5. The van der Waals surface area contributed by atoms with Gasteiger partial charge in [0, 0.05) is 53.5 Å². The van der Waals surface area contributed by atoms with Crippen molar-refractivity contribution in [2.75, 3.05) is 25.6 Å². The molecule has 2 aliphatic carbocycles. The summed E-state index contributed by atoms with van der Waals surface area (Å²) in [6.07, 6.45) is 2.99. The van der Waals surface area contributed by atoms with E-state index in [-0.39, 0.29) is 45.7 Å². The largest absolute Gasteiger partial charge is 0.493 e. The van der Waals surface area contributed by atoms with E-state index in [1.165, 1.54) is 12.7 Å². The fourth-order valence-corrected chi connectivity index (χ4v) is 8.13. The number of hydrogen-bond acceptors (Lipinski definition) is 6. The summed E-state index contributed by atoms with van der Waals surface area (Å²) in [5.74, 6) is -0.271. The zero-order valence-electron chi connectivity index (χ0n) is 30.2. The predicted octanol–water partition coefficient (Wildman–Crippen LogP) is 8.91. The van der Waals surface area contributed by atoms with Gasteiger partial charge in [-0.15, -0.1) is 0 Å². The van der Waals surface area contributed by atoms with Gasteiger partial charge in [-0.1, -0.05) is 87.3 Å². The van der Waals surface area contributed by atoms with Gasteiger partial charge in [-0.25, -0.2) is 0 Å². The molecule has 3 aliphatic rings. The van der Waals surface area contributed by atoms with Gasteiger partial charge in [0.05, 0.1) is 12.1 Å². The summed E-state index contributed by atoms with van der Waals surface area (Å²) in [6, 6.07) is 19.7. The molecule has 0 aromatic heterocycles. The minimum atomic E-state index is -0.589. The topological polar surface area (TPSA) is 84.9 Å². The lowest BCUT2D eigenvalue weighted by molar-refractivity contribution is -0.120. The Morgan fingerprint density at radius 3 is 2.08 bits per heavy atom. The molecule has 0 fully saturated rings. The number of ketones is 2. The summed E-state index contributed by atoms with van der Waals surface area (Å²) in [7, 11) is 1.52. The van der Waals surface area contributed by atoms with E-state index in [9.17, 15) is 14.4 Å². The van der Waals surface area contributed by atoms with Crippen LogP contribution in [0.2, 0.25) is 5.02 Å². The molecule has 3 aromatic rings. The van der Waals surface area contributed by atoms with E-state index in [0.717, 1.165) is 28.9 Å². The van der Waals surface area contributed by atoms with Gasteiger partial charge in [-0.05, 0) is 78.8 Å². The Labute approximate surface area is 300 Å². The number of allylic oxidation sites excluding steroid dienone is 4. The van der Waals surface area contributed by atoms with Gasteiger partial charge in [0.1, 0.15) is 0 Å². The average Bonchev–Trinajstić information content (AvgIpc) is 3.03. The summed E-state index contributed by atoms with van der Waals surface area (Å²) in [4.78, 5) is 43.8. The van der Waals surface area contributed by atoms with E-state index in [1.54, 1.807) is 6.07 Å². The van der Waals surface area contributed by atoms with Gasteiger partial charge < -0.3 is 19.7 Å². The number of amides is 1. The van der Waals surface area contributed by atoms with Crippen LogP contribution in [0.15, 0.2) is 83.2 Å². The standard InChI is InChI=1S/C42H47ClN2O5/c1-25-13-14-30(26(2)17-25)44-36(48)24-50-40-29(43)18-28(19-35(40)49-7)37-38-31(20-41(3,4)22-33(38)46)45(16-15-27-11-9-8-10-12-27)32-21-42(5,6)23-34(47)39(32)37/h8-14,17-19,37H,15-16,20-24H2,1-7H3,(H,44,48). The van der Waals surface area contributed by atoms with Crippen molar-refractivity contribution < 1.29 is 23.9 Å². The highest BCUT2D eigenvalue weighted by Crippen LogP contribution is 2.55. The molecule has 1 amide bonds. The Morgan fingerprint density at radius 2 is 1.50 bits per heavy atom. The normalized spacial score (nSPS) is 18.5. The van der Waals surface area contributed by atoms with E-state index in [4.69, 9.17) is 21.1 Å². The van der Waals surface area contributed by atoms with E-state index in [2.05, 4.69) is 50.0 Å². The van der Waals surface area contributed by atoms with Gasteiger partial charge in [0.15, 0.2) is 29.7 Å². The molecule has 0 saturated heterocycles. The molecular weight excluding hydrogens is 648 g/mol. The first kappa shape index (κ1) is 35.5. The maximum Gasteiger partial charge on any atom is 0.262 e. The molecule has 3 aromatic carbocycles. The molecule has 7 nitrogen and oxygen atoms in total. The number of anilines is 1. The van der Waals surface area contributed by atoms with Crippen LogP contribution in [-0.4, -0.2) is 42.6 Å².